The molecule has 19 heavy (non-hydrogen) atoms. The monoisotopic (exact) mass is 263 g/mol. The second-order valence-corrected chi connectivity index (χ2v) is 5.74. The normalized spacial score (nSPS) is 13.2. The lowest BCUT2D eigenvalue weighted by Crippen LogP contribution is -2.28. The van der Waals surface area contributed by atoms with Crippen LogP contribution in [0.2, 0.25) is 0 Å². The molecule has 0 bridgehead atoms. The van der Waals surface area contributed by atoms with E-state index in [4.69, 9.17) is 0 Å². The van der Waals surface area contributed by atoms with Crippen LogP contribution in [0.15, 0.2) is 24.3 Å². The van der Waals surface area contributed by atoms with Crippen LogP contribution in [0, 0.1) is 0 Å². The summed E-state index contributed by atoms with van der Waals surface area (Å²) in [5.74, 6) is 0.575. The molecule has 0 amide bonds. The van der Waals surface area contributed by atoms with Crippen molar-refractivity contribution < 1.29 is 0 Å². The smallest absolute Gasteiger partial charge is 0.0231 e. The van der Waals surface area contributed by atoms with E-state index in [1.54, 1.807) is 0 Å². The molecule has 1 aromatic rings. The van der Waals surface area contributed by atoms with E-state index in [1.165, 1.54) is 11.1 Å². The van der Waals surface area contributed by atoms with Gasteiger partial charge in [0.1, 0.15) is 0 Å². The second kappa shape index (κ2) is 8.31. The predicted octanol–water partition coefficient (Wildman–Crippen LogP) is 2.00. The van der Waals surface area contributed by atoms with Crippen molar-refractivity contribution in [1.29, 1.82) is 0 Å². The van der Waals surface area contributed by atoms with E-state index in [9.17, 15) is 0 Å². The van der Waals surface area contributed by atoms with Crippen LogP contribution >= 0.6 is 0 Å². The van der Waals surface area contributed by atoms with Crippen LogP contribution in [0.4, 0.5) is 0 Å². The third-order valence-corrected chi connectivity index (χ3v) is 3.44. The molecule has 1 N–H and O–H groups in total. The minimum absolute atomic E-state index is 0.575. The molecule has 0 aliphatic carbocycles. The highest BCUT2D eigenvalue weighted by Gasteiger charge is 2.05. The fourth-order valence-corrected chi connectivity index (χ4v) is 2.14. The largest absolute Gasteiger partial charge is 0.319 e. The average molecular weight is 263 g/mol. The van der Waals surface area contributed by atoms with Gasteiger partial charge in [0.2, 0.25) is 0 Å². The molecule has 1 unspecified atom stereocenters. The highest BCUT2D eigenvalue weighted by atomic mass is 15.1. The van der Waals surface area contributed by atoms with Gasteiger partial charge in [-0.2, -0.15) is 0 Å². The first-order valence-corrected chi connectivity index (χ1v) is 7.09. The van der Waals surface area contributed by atoms with Gasteiger partial charge in [0.05, 0.1) is 0 Å². The first-order chi connectivity index (χ1) is 9.02. The van der Waals surface area contributed by atoms with E-state index in [1.807, 2.05) is 7.05 Å². The van der Waals surface area contributed by atoms with Gasteiger partial charge in [0, 0.05) is 26.2 Å². The van der Waals surface area contributed by atoms with Gasteiger partial charge >= 0.3 is 0 Å². The molecule has 1 atom stereocenters. The zero-order chi connectivity index (χ0) is 14.3. The molecular weight excluding hydrogens is 234 g/mol. The summed E-state index contributed by atoms with van der Waals surface area (Å²) in [5, 5.41) is 3.23. The first kappa shape index (κ1) is 16.2. The van der Waals surface area contributed by atoms with Crippen LogP contribution < -0.4 is 5.32 Å². The second-order valence-electron chi connectivity index (χ2n) is 5.74. The van der Waals surface area contributed by atoms with E-state index >= 15 is 0 Å². The number of hydrogen-bond acceptors (Lipinski definition) is 3. The van der Waals surface area contributed by atoms with Crippen molar-refractivity contribution in [2.45, 2.75) is 19.4 Å². The van der Waals surface area contributed by atoms with Crippen LogP contribution in [-0.4, -0.2) is 57.6 Å². The van der Waals surface area contributed by atoms with Gasteiger partial charge in [-0.25, -0.2) is 0 Å². The molecule has 1 aromatic carbocycles. The molecule has 0 aliphatic rings. The molecule has 3 heteroatoms. The molecule has 0 aromatic heterocycles. The third-order valence-electron chi connectivity index (χ3n) is 3.44. The Kier molecular flexibility index (Phi) is 7.06. The van der Waals surface area contributed by atoms with Crippen molar-refractivity contribution in [2.24, 2.45) is 0 Å². The van der Waals surface area contributed by atoms with Gasteiger partial charge in [-0.1, -0.05) is 31.2 Å². The molecule has 1 rings (SSSR count). The molecule has 0 saturated heterocycles. The molecule has 0 radical (unpaired) electrons. The van der Waals surface area contributed by atoms with Gasteiger partial charge in [-0.3, -0.25) is 0 Å². The van der Waals surface area contributed by atoms with Gasteiger partial charge in [0.25, 0.3) is 0 Å². The molecule has 0 fully saturated rings. The van der Waals surface area contributed by atoms with Crippen molar-refractivity contribution in [2.75, 3.05) is 47.8 Å². The van der Waals surface area contributed by atoms with Crippen molar-refractivity contribution in [3.05, 3.63) is 35.4 Å². The van der Waals surface area contributed by atoms with Gasteiger partial charge in [0.15, 0.2) is 0 Å². The van der Waals surface area contributed by atoms with Gasteiger partial charge < -0.3 is 15.1 Å². The molecule has 3 nitrogen and oxygen atoms in total. The summed E-state index contributed by atoms with van der Waals surface area (Å²) in [6, 6.07) is 9.04. The van der Waals surface area contributed by atoms with Gasteiger partial charge in [-0.15, -0.1) is 0 Å². The standard InChI is InChI=1S/C16H29N3/c1-14(12-17-2)16-8-6-15(7-9-16)13-19(5)11-10-18(3)4/h6-9,14,17H,10-13H2,1-5H3. The Labute approximate surface area is 118 Å². The number of rotatable bonds is 8. The summed E-state index contributed by atoms with van der Waals surface area (Å²) < 4.78 is 0. The summed E-state index contributed by atoms with van der Waals surface area (Å²) in [7, 11) is 8.42. The predicted molar refractivity (Wildman–Crippen MR) is 83.7 cm³/mol. The van der Waals surface area contributed by atoms with E-state index in [0.717, 1.165) is 26.2 Å². The van der Waals surface area contributed by atoms with Crippen LogP contribution in [0.3, 0.4) is 0 Å². The van der Waals surface area contributed by atoms with E-state index in [0.29, 0.717) is 5.92 Å². The SMILES string of the molecule is CNCC(C)c1ccc(CN(C)CCN(C)C)cc1. The number of nitrogens with one attached hydrogen (secondary N) is 1. The molecule has 0 spiro atoms. The Hall–Kier alpha value is -0.900. The Morgan fingerprint density at radius 3 is 2.21 bits per heavy atom. The summed E-state index contributed by atoms with van der Waals surface area (Å²) in [6.45, 7) is 6.52. The highest BCUT2D eigenvalue weighted by molar-refractivity contribution is 5.25. The van der Waals surface area contributed by atoms with Crippen LogP contribution in [0.25, 0.3) is 0 Å². The topological polar surface area (TPSA) is 18.5 Å². The lowest BCUT2D eigenvalue weighted by atomic mass is 10.00. The molecule has 108 valence electrons. The van der Waals surface area contributed by atoms with Gasteiger partial charge in [-0.05, 0) is 45.2 Å². The third kappa shape index (κ3) is 6.19. The summed E-state index contributed by atoms with van der Waals surface area (Å²) in [6.07, 6.45) is 0. The fraction of sp³-hybridized carbons (Fsp3) is 0.625. The maximum atomic E-state index is 3.23. The van der Waals surface area contributed by atoms with E-state index < -0.39 is 0 Å². The van der Waals surface area contributed by atoms with E-state index in [-0.39, 0.29) is 0 Å². The minimum Gasteiger partial charge on any atom is -0.319 e. The molecule has 0 heterocycles. The Balaban J connectivity index is 2.47. The zero-order valence-corrected chi connectivity index (χ0v) is 13.1. The summed E-state index contributed by atoms with van der Waals surface area (Å²) >= 11 is 0. The average Bonchev–Trinajstić information content (AvgIpc) is 2.37. The number of benzene rings is 1. The van der Waals surface area contributed by atoms with Crippen molar-refractivity contribution in [1.82, 2.24) is 15.1 Å². The number of nitrogens with zero attached hydrogens (tertiary/aromatic N) is 2. The molecular formula is C16H29N3. The van der Waals surface area contributed by atoms with Crippen molar-refractivity contribution >= 4 is 0 Å². The number of hydrogen-bond donors (Lipinski definition) is 1. The maximum absolute atomic E-state index is 3.23. The minimum atomic E-state index is 0.575. The van der Waals surface area contributed by atoms with Crippen molar-refractivity contribution in [3.8, 4) is 0 Å². The van der Waals surface area contributed by atoms with Crippen LogP contribution in [0.1, 0.15) is 24.0 Å². The van der Waals surface area contributed by atoms with Crippen molar-refractivity contribution in [3.63, 3.8) is 0 Å². The first-order valence-electron chi connectivity index (χ1n) is 7.09. The van der Waals surface area contributed by atoms with E-state index in [2.05, 4.69) is 67.4 Å². The molecule has 0 aliphatic heterocycles. The fourth-order valence-electron chi connectivity index (χ4n) is 2.14. The van der Waals surface area contributed by atoms with Crippen LogP contribution in [0.5, 0.6) is 0 Å². The Bertz CT molecular complexity index is 346. The maximum Gasteiger partial charge on any atom is 0.0231 e. The lowest BCUT2D eigenvalue weighted by molar-refractivity contribution is 0.276. The molecule has 0 saturated carbocycles. The summed E-state index contributed by atoms with van der Waals surface area (Å²) in [4.78, 5) is 4.59. The van der Waals surface area contributed by atoms with Crippen LogP contribution in [-0.2, 0) is 6.54 Å². The zero-order valence-electron chi connectivity index (χ0n) is 13.1. The quantitative estimate of drug-likeness (QED) is 0.774. The Morgan fingerprint density at radius 1 is 1.05 bits per heavy atom. The summed E-state index contributed by atoms with van der Waals surface area (Å²) in [5.41, 5.74) is 2.80. The Morgan fingerprint density at radius 2 is 1.68 bits per heavy atom. The lowest BCUT2D eigenvalue weighted by Gasteiger charge is -2.19. The number of likely N-dealkylation sites (N-methyl/N-ethyl adjacent to an activating group) is 3. The highest BCUT2D eigenvalue weighted by Crippen LogP contribution is 2.15.